The monoisotopic (exact) mass is 354 g/mol. The first-order chi connectivity index (χ1) is 9.90. The van der Waals surface area contributed by atoms with Gasteiger partial charge in [0.1, 0.15) is 12.4 Å². The van der Waals surface area contributed by atoms with Gasteiger partial charge in [0.05, 0.1) is 17.2 Å². The Morgan fingerprint density at radius 1 is 1.14 bits per heavy atom. The molecule has 21 heavy (non-hydrogen) atoms. The zero-order valence-corrected chi connectivity index (χ0v) is 12.9. The van der Waals surface area contributed by atoms with Gasteiger partial charge in [-0.05, 0) is 30.4 Å². The molecule has 0 spiro atoms. The summed E-state index contributed by atoms with van der Waals surface area (Å²) in [7, 11) is 2.84. The van der Waals surface area contributed by atoms with Crippen LogP contribution in [0.15, 0.2) is 40.2 Å². The van der Waals surface area contributed by atoms with Gasteiger partial charge in [-0.1, -0.05) is 33.2 Å². The number of allylic oxidation sites excluding steroid dienone is 2. The van der Waals surface area contributed by atoms with E-state index in [1.807, 2.05) is 0 Å². The van der Waals surface area contributed by atoms with Crippen LogP contribution in [0.3, 0.4) is 0 Å². The average molecular weight is 355 g/mol. The molecule has 0 radical (unpaired) electrons. The molecule has 0 bridgehead atoms. The van der Waals surface area contributed by atoms with Crippen molar-refractivity contribution in [3.05, 3.63) is 50.7 Å². The van der Waals surface area contributed by atoms with Crippen molar-refractivity contribution in [2.24, 2.45) is 0 Å². The number of benzene rings is 1. The molecule has 114 valence electrons. The van der Waals surface area contributed by atoms with E-state index in [2.05, 4.69) is 0 Å². The number of alkyl halides is 3. The molecule has 0 amide bonds. The van der Waals surface area contributed by atoms with Gasteiger partial charge < -0.3 is 9.84 Å². The standard InChI is InChI=1S/C13H10ClF3O2S2/c14-11-5-8(13(15,16)17)1-4-12(11)19-7-10-3-2-9(6-18)20-21-10/h1-5,18H,6-7H2. The molecule has 0 aliphatic carbocycles. The molecule has 2 nitrogen and oxygen atoms in total. The fourth-order valence-corrected chi connectivity index (χ4v) is 3.58. The minimum absolute atomic E-state index is 0.0208. The van der Waals surface area contributed by atoms with Crippen LogP contribution in [0.4, 0.5) is 13.2 Å². The Kier molecular flexibility index (Phi) is 5.54. The normalized spacial score (nSPS) is 15.5. The highest BCUT2D eigenvalue weighted by molar-refractivity contribution is 8.79. The van der Waals surface area contributed by atoms with Crippen molar-refractivity contribution < 1.29 is 23.0 Å². The number of aliphatic hydroxyl groups excluding tert-OH is 1. The lowest BCUT2D eigenvalue weighted by atomic mass is 10.2. The third-order valence-electron chi connectivity index (χ3n) is 2.50. The number of hydrogen-bond donors (Lipinski definition) is 1. The molecule has 0 unspecified atom stereocenters. The molecule has 1 aliphatic heterocycles. The Hall–Kier alpha value is -0.760. The molecule has 1 aromatic rings. The zero-order chi connectivity index (χ0) is 15.5. The Morgan fingerprint density at radius 2 is 1.81 bits per heavy atom. The summed E-state index contributed by atoms with van der Waals surface area (Å²) < 4.78 is 42.9. The Morgan fingerprint density at radius 3 is 2.33 bits per heavy atom. The lowest BCUT2D eigenvalue weighted by Gasteiger charge is -2.14. The van der Waals surface area contributed by atoms with Crippen molar-refractivity contribution in [2.75, 3.05) is 13.2 Å². The van der Waals surface area contributed by atoms with Gasteiger partial charge in [-0.15, -0.1) is 0 Å². The van der Waals surface area contributed by atoms with Gasteiger partial charge >= 0.3 is 6.18 Å². The molecular formula is C13H10ClF3O2S2. The minimum Gasteiger partial charge on any atom is -0.487 e. The summed E-state index contributed by atoms with van der Waals surface area (Å²) in [6.45, 7) is 0.186. The first-order valence-corrected chi connectivity index (χ1v) is 8.27. The molecule has 0 aromatic heterocycles. The third-order valence-corrected chi connectivity index (χ3v) is 5.36. The van der Waals surface area contributed by atoms with Crippen molar-refractivity contribution in [1.29, 1.82) is 0 Å². The Labute approximate surface area is 132 Å². The van der Waals surface area contributed by atoms with Crippen LogP contribution in [0, 0.1) is 0 Å². The summed E-state index contributed by atoms with van der Waals surface area (Å²) in [5, 5.41) is 8.86. The molecule has 0 fully saturated rings. The van der Waals surface area contributed by atoms with E-state index in [1.54, 1.807) is 12.2 Å². The van der Waals surface area contributed by atoms with E-state index in [0.29, 0.717) is 0 Å². The fraction of sp³-hybridized carbons (Fsp3) is 0.231. The van der Waals surface area contributed by atoms with Crippen LogP contribution in [0.1, 0.15) is 5.56 Å². The number of halogens is 4. The van der Waals surface area contributed by atoms with Crippen molar-refractivity contribution in [3.63, 3.8) is 0 Å². The lowest BCUT2D eigenvalue weighted by Crippen LogP contribution is -2.05. The van der Waals surface area contributed by atoms with Gasteiger partial charge in [-0.3, -0.25) is 0 Å². The summed E-state index contributed by atoms with van der Waals surface area (Å²) in [5.41, 5.74) is -0.808. The molecule has 1 N–H and O–H groups in total. The smallest absolute Gasteiger partial charge is 0.416 e. The summed E-state index contributed by atoms with van der Waals surface area (Å²) in [6.07, 6.45) is -0.856. The number of aliphatic hydroxyl groups is 1. The quantitative estimate of drug-likeness (QED) is 0.779. The average Bonchev–Trinajstić information content (AvgIpc) is 2.45. The van der Waals surface area contributed by atoms with Gasteiger partial charge in [-0.2, -0.15) is 13.2 Å². The van der Waals surface area contributed by atoms with E-state index >= 15 is 0 Å². The van der Waals surface area contributed by atoms with Gasteiger partial charge in [0, 0.05) is 9.81 Å². The first-order valence-electron chi connectivity index (χ1n) is 5.75. The summed E-state index contributed by atoms with van der Waals surface area (Å²) in [4.78, 5) is 1.71. The molecule has 2 rings (SSSR count). The SMILES string of the molecule is OCC1=CC=C(COc2ccc(C(F)(F)F)cc2Cl)SS1. The summed E-state index contributed by atoms with van der Waals surface area (Å²) in [5.74, 6) is 0.202. The topological polar surface area (TPSA) is 29.5 Å². The molecule has 0 saturated heterocycles. The summed E-state index contributed by atoms with van der Waals surface area (Å²) >= 11 is 5.80. The van der Waals surface area contributed by atoms with Crippen molar-refractivity contribution in [1.82, 2.24) is 0 Å². The minimum atomic E-state index is -4.42. The van der Waals surface area contributed by atoms with Crippen LogP contribution in [0.5, 0.6) is 5.75 Å². The molecule has 0 saturated carbocycles. The van der Waals surface area contributed by atoms with Crippen molar-refractivity contribution in [3.8, 4) is 5.75 Å². The van der Waals surface area contributed by atoms with E-state index in [0.717, 1.165) is 21.9 Å². The zero-order valence-electron chi connectivity index (χ0n) is 10.5. The van der Waals surface area contributed by atoms with Gasteiger partial charge in [0.2, 0.25) is 0 Å². The number of ether oxygens (including phenoxy) is 1. The van der Waals surface area contributed by atoms with E-state index < -0.39 is 11.7 Å². The molecule has 1 heterocycles. The van der Waals surface area contributed by atoms with Crippen LogP contribution in [0.2, 0.25) is 5.02 Å². The lowest BCUT2D eigenvalue weighted by molar-refractivity contribution is -0.137. The Balaban J connectivity index is 2.01. The largest absolute Gasteiger partial charge is 0.487 e. The maximum absolute atomic E-state index is 12.5. The summed E-state index contributed by atoms with van der Waals surface area (Å²) in [6, 6.07) is 2.99. The molecule has 1 aliphatic rings. The third kappa shape index (κ3) is 4.60. The predicted octanol–water partition coefficient (Wildman–Crippen LogP) is 4.89. The second kappa shape index (κ2) is 7.00. The predicted molar refractivity (Wildman–Crippen MR) is 80.4 cm³/mol. The molecular weight excluding hydrogens is 345 g/mol. The van der Waals surface area contributed by atoms with Crippen LogP contribution in [0.25, 0.3) is 0 Å². The van der Waals surface area contributed by atoms with Gasteiger partial charge in [0.25, 0.3) is 0 Å². The van der Waals surface area contributed by atoms with E-state index in [1.165, 1.54) is 27.7 Å². The molecule has 0 atom stereocenters. The van der Waals surface area contributed by atoms with Crippen LogP contribution in [-0.4, -0.2) is 18.3 Å². The van der Waals surface area contributed by atoms with Crippen LogP contribution >= 0.6 is 33.2 Å². The maximum atomic E-state index is 12.5. The van der Waals surface area contributed by atoms with Gasteiger partial charge in [0.15, 0.2) is 0 Å². The number of rotatable bonds is 4. The van der Waals surface area contributed by atoms with Crippen molar-refractivity contribution in [2.45, 2.75) is 6.18 Å². The van der Waals surface area contributed by atoms with E-state index in [-0.39, 0.29) is 24.0 Å². The number of hydrogen-bond acceptors (Lipinski definition) is 4. The molecule has 1 aromatic carbocycles. The van der Waals surface area contributed by atoms with Crippen molar-refractivity contribution >= 4 is 33.2 Å². The highest BCUT2D eigenvalue weighted by Crippen LogP contribution is 2.40. The van der Waals surface area contributed by atoms with E-state index in [9.17, 15) is 13.2 Å². The van der Waals surface area contributed by atoms with Gasteiger partial charge in [-0.25, -0.2) is 0 Å². The Bertz CT molecular complexity index is 585. The molecule has 8 heteroatoms. The maximum Gasteiger partial charge on any atom is 0.416 e. The van der Waals surface area contributed by atoms with Crippen LogP contribution in [-0.2, 0) is 6.18 Å². The fourth-order valence-electron chi connectivity index (χ4n) is 1.44. The second-order valence-corrected chi connectivity index (χ2v) is 6.81. The van der Waals surface area contributed by atoms with Crippen LogP contribution < -0.4 is 4.74 Å². The highest BCUT2D eigenvalue weighted by atomic mass is 35.5. The highest BCUT2D eigenvalue weighted by Gasteiger charge is 2.31. The second-order valence-electron chi connectivity index (χ2n) is 4.02. The van der Waals surface area contributed by atoms with E-state index in [4.69, 9.17) is 21.4 Å². The first kappa shape index (κ1) is 16.6.